The van der Waals surface area contributed by atoms with Crippen LogP contribution in [-0.4, -0.2) is 45.9 Å². The number of amides is 1. The molecule has 0 spiro atoms. The molecule has 1 aliphatic rings. The highest BCUT2D eigenvalue weighted by Crippen LogP contribution is 2.20. The molecule has 1 aromatic carbocycles. The van der Waals surface area contributed by atoms with Gasteiger partial charge in [-0.1, -0.05) is 16.8 Å². The summed E-state index contributed by atoms with van der Waals surface area (Å²) in [7, 11) is 0. The number of aromatic nitrogens is 2. The Balaban J connectivity index is 1.47. The number of carbonyl (C=O) groups is 2. The first-order valence-electron chi connectivity index (χ1n) is 7.77. The van der Waals surface area contributed by atoms with E-state index in [-0.39, 0.29) is 5.91 Å². The van der Waals surface area contributed by atoms with Crippen LogP contribution in [0.5, 0.6) is 0 Å². The van der Waals surface area contributed by atoms with Crippen LogP contribution in [0.2, 0.25) is 5.02 Å². The molecule has 1 amide bonds. The Kier molecular flexibility index (Phi) is 5.30. The molecule has 1 aromatic heterocycles. The third kappa shape index (κ3) is 4.34. The lowest BCUT2D eigenvalue weighted by molar-refractivity contribution is -0.151. The Morgan fingerprint density at radius 3 is 2.64 bits per heavy atom. The van der Waals surface area contributed by atoms with Crippen molar-refractivity contribution in [3.8, 4) is 11.4 Å². The van der Waals surface area contributed by atoms with Crippen molar-refractivity contribution in [3.05, 3.63) is 35.2 Å². The summed E-state index contributed by atoms with van der Waals surface area (Å²) < 4.78 is 10.3. The molecule has 0 bridgehead atoms. The fourth-order valence-corrected chi connectivity index (χ4v) is 2.62. The first kappa shape index (κ1) is 17.4. The number of hydrogen-bond acceptors (Lipinski definition) is 6. The molecule has 0 aliphatic carbocycles. The lowest BCUT2D eigenvalue weighted by Crippen LogP contribution is -2.36. The largest absolute Gasteiger partial charge is 0.479 e. The van der Waals surface area contributed by atoms with Crippen molar-refractivity contribution in [1.29, 1.82) is 0 Å². The molecule has 2 heterocycles. The molecule has 9 heteroatoms. The maximum absolute atomic E-state index is 12.0. The third-order valence-corrected chi connectivity index (χ3v) is 4.05. The summed E-state index contributed by atoms with van der Waals surface area (Å²) in [4.78, 5) is 27.0. The summed E-state index contributed by atoms with van der Waals surface area (Å²) in [5, 5.41) is 16.1. The Labute approximate surface area is 148 Å². The third-order valence-electron chi connectivity index (χ3n) is 3.80. The minimum atomic E-state index is -1.05. The fourth-order valence-electron chi connectivity index (χ4n) is 2.49. The van der Waals surface area contributed by atoms with Crippen LogP contribution in [0.4, 0.5) is 0 Å². The molecule has 132 valence electrons. The molecule has 25 heavy (non-hydrogen) atoms. The van der Waals surface area contributed by atoms with Crippen LogP contribution in [0.25, 0.3) is 11.4 Å². The lowest BCUT2D eigenvalue weighted by atomic mass is 10.2. The van der Waals surface area contributed by atoms with E-state index in [9.17, 15) is 9.59 Å². The maximum Gasteiger partial charge on any atom is 0.332 e. The highest BCUT2D eigenvalue weighted by Gasteiger charge is 2.34. The predicted molar refractivity (Wildman–Crippen MR) is 87.0 cm³/mol. The van der Waals surface area contributed by atoms with Gasteiger partial charge in [-0.2, -0.15) is 4.98 Å². The second kappa shape index (κ2) is 7.62. The van der Waals surface area contributed by atoms with Crippen molar-refractivity contribution < 1.29 is 24.0 Å². The van der Waals surface area contributed by atoms with E-state index in [0.717, 1.165) is 5.56 Å². The van der Waals surface area contributed by atoms with Crippen LogP contribution in [-0.2, 0) is 20.7 Å². The van der Waals surface area contributed by atoms with Crippen LogP contribution in [0.3, 0.4) is 0 Å². The zero-order valence-electron chi connectivity index (χ0n) is 13.1. The molecule has 2 atom stereocenters. The number of benzene rings is 1. The Hall–Kier alpha value is -2.45. The van der Waals surface area contributed by atoms with Gasteiger partial charge in [-0.15, -0.1) is 0 Å². The van der Waals surface area contributed by atoms with Gasteiger partial charge in [-0.05, 0) is 37.1 Å². The fraction of sp³-hybridized carbons (Fsp3) is 0.375. The zero-order chi connectivity index (χ0) is 17.8. The number of ether oxygens (including phenoxy) is 1. The van der Waals surface area contributed by atoms with Gasteiger partial charge in [0.05, 0.1) is 0 Å². The van der Waals surface area contributed by atoms with E-state index < -0.39 is 18.2 Å². The van der Waals surface area contributed by atoms with Gasteiger partial charge >= 0.3 is 5.97 Å². The summed E-state index contributed by atoms with van der Waals surface area (Å²) in [5.41, 5.74) is 0.780. The maximum atomic E-state index is 12.0. The molecule has 0 radical (unpaired) electrons. The number of carboxylic acids is 1. The number of rotatable bonds is 6. The second-order valence-electron chi connectivity index (χ2n) is 5.59. The normalized spacial score (nSPS) is 19.7. The number of carboxylic acid groups (broad SMARTS) is 1. The second-order valence-corrected chi connectivity index (χ2v) is 6.03. The Bertz CT molecular complexity index is 761. The Morgan fingerprint density at radius 1 is 1.24 bits per heavy atom. The SMILES string of the molecule is O=C(NCCc1nc(-c2ccc(Cl)cc2)no1)[C@@H]1CC[C@H](C(=O)O)O1. The average Bonchev–Trinajstić information content (AvgIpc) is 3.25. The van der Waals surface area contributed by atoms with E-state index in [4.69, 9.17) is 26.0 Å². The number of aliphatic carboxylic acids is 1. The molecule has 3 rings (SSSR count). The topological polar surface area (TPSA) is 115 Å². The lowest BCUT2D eigenvalue weighted by Gasteiger charge is -2.10. The molecule has 8 nitrogen and oxygen atoms in total. The summed E-state index contributed by atoms with van der Waals surface area (Å²) in [6.07, 6.45) is -0.547. The van der Waals surface area contributed by atoms with Crippen molar-refractivity contribution in [3.63, 3.8) is 0 Å². The minimum absolute atomic E-state index is 0.290. The van der Waals surface area contributed by atoms with E-state index in [1.54, 1.807) is 24.3 Å². The van der Waals surface area contributed by atoms with Crippen molar-refractivity contribution in [2.75, 3.05) is 6.54 Å². The average molecular weight is 366 g/mol. The van der Waals surface area contributed by atoms with Gasteiger partial charge in [0.25, 0.3) is 0 Å². The summed E-state index contributed by atoms with van der Waals surface area (Å²) in [6.45, 7) is 0.290. The van der Waals surface area contributed by atoms with Gasteiger partial charge in [0, 0.05) is 23.6 Å². The van der Waals surface area contributed by atoms with E-state index in [0.29, 0.717) is 42.5 Å². The molecular weight excluding hydrogens is 350 g/mol. The smallest absolute Gasteiger partial charge is 0.332 e. The van der Waals surface area contributed by atoms with Crippen LogP contribution in [0.15, 0.2) is 28.8 Å². The van der Waals surface area contributed by atoms with E-state index in [1.165, 1.54) is 0 Å². The Morgan fingerprint density at radius 2 is 1.96 bits per heavy atom. The van der Waals surface area contributed by atoms with Crippen LogP contribution in [0.1, 0.15) is 18.7 Å². The van der Waals surface area contributed by atoms with E-state index in [2.05, 4.69) is 15.5 Å². The van der Waals surface area contributed by atoms with Gasteiger partial charge < -0.3 is 19.7 Å². The number of halogens is 1. The van der Waals surface area contributed by atoms with Gasteiger partial charge in [0.2, 0.25) is 17.6 Å². The van der Waals surface area contributed by atoms with Crippen molar-refractivity contribution in [2.45, 2.75) is 31.5 Å². The quantitative estimate of drug-likeness (QED) is 0.800. The number of hydrogen-bond donors (Lipinski definition) is 2. The molecule has 2 aromatic rings. The van der Waals surface area contributed by atoms with Gasteiger partial charge in [0.15, 0.2) is 6.10 Å². The first-order valence-corrected chi connectivity index (χ1v) is 8.15. The number of nitrogens with zero attached hydrogens (tertiary/aromatic N) is 2. The molecule has 2 N–H and O–H groups in total. The van der Waals surface area contributed by atoms with Crippen molar-refractivity contribution in [2.24, 2.45) is 0 Å². The van der Waals surface area contributed by atoms with E-state index >= 15 is 0 Å². The molecule has 0 saturated carbocycles. The molecule has 0 unspecified atom stereocenters. The first-order chi connectivity index (χ1) is 12.0. The van der Waals surface area contributed by atoms with Gasteiger partial charge in [-0.3, -0.25) is 4.79 Å². The summed E-state index contributed by atoms with van der Waals surface area (Å²) in [5.74, 6) is -0.542. The van der Waals surface area contributed by atoms with Gasteiger partial charge in [-0.25, -0.2) is 4.79 Å². The van der Waals surface area contributed by atoms with E-state index in [1.807, 2.05) is 0 Å². The van der Waals surface area contributed by atoms with Crippen molar-refractivity contribution >= 4 is 23.5 Å². The van der Waals surface area contributed by atoms with Crippen LogP contribution in [0, 0.1) is 0 Å². The highest BCUT2D eigenvalue weighted by molar-refractivity contribution is 6.30. The predicted octanol–water partition coefficient (Wildman–Crippen LogP) is 1.68. The monoisotopic (exact) mass is 365 g/mol. The summed E-state index contributed by atoms with van der Waals surface area (Å²) in [6, 6.07) is 7.04. The summed E-state index contributed by atoms with van der Waals surface area (Å²) >= 11 is 5.84. The zero-order valence-corrected chi connectivity index (χ0v) is 13.9. The minimum Gasteiger partial charge on any atom is -0.479 e. The molecule has 1 fully saturated rings. The number of nitrogens with one attached hydrogen (secondary N) is 1. The van der Waals surface area contributed by atoms with Gasteiger partial charge in [0.1, 0.15) is 6.10 Å². The number of carbonyl (C=O) groups excluding carboxylic acids is 1. The molecule has 1 aliphatic heterocycles. The van der Waals surface area contributed by atoms with Crippen molar-refractivity contribution in [1.82, 2.24) is 15.5 Å². The molecular formula is C16H16ClN3O5. The standard InChI is InChI=1S/C16H16ClN3O5/c17-10-3-1-9(2-4-10)14-19-13(25-20-14)7-8-18-15(21)11-5-6-12(24-11)16(22)23/h1-4,11-12H,5-8H2,(H,18,21)(H,22,23)/t11-,12+/m0/s1. The molecule has 1 saturated heterocycles. The van der Waals surface area contributed by atoms with Crippen LogP contribution >= 0.6 is 11.6 Å². The highest BCUT2D eigenvalue weighted by atomic mass is 35.5. The van der Waals surface area contributed by atoms with Crippen LogP contribution < -0.4 is 5.32 Å².